The first-order chi connectivity index (χ1) is 15.0. The summed E-state index contributed by atoms with van der Waals surface area (Å²) in [5.74, 6) is 0.504. The van der Waals surface area contributed by atoms with Crippen molar-refractivity contribution in [1.82, 2.24) is 4.31 Å². The van der Waals surface area contributed by atoms with Gasteiger partial charge < -0.3 is 10.1 Å². The molecule has 1 aliphatic rings. The molecule has 0 aromatic heterocycles. The van der Waals surface area contributed by atoms with Crippen LogP contribution in [-0.2, 0) is 10.0 Å². The van der Waals surface area contributed by atoms with Crippen molar-refractivity contribution in [3.05, 3.63) is 54.1 Å². The van der Waals surface area contributed by atoms with E-state index in [0.717, 1.165) is 25.0 Å². The largest absolute Gasteiger partial charge is 0.494 e. The minimum atomic E-state index is -3.45. The molecule has 7 heteroatoms. The lowest BCUT2D eigenvalue weighted by Crippen LogP contribution is -2.27. The molecule has 1 heterocycles. The molecule has 0 aliphatic carbocycles. The highest BCUT2D eigenvalue weighted by molar-refractivity contribution is 7.89. The Morgan fingerprint density at radius 3 is 2.23 bits per heavy atom. The highest BCUT2D eigenvalue weighted by Gasteiger charge is 2.26. The van der Waals surface area contributed by atoms with E-state index in [4.69, 9.17) is 4.74 Å². The number of hydrogen-bond donors (Lipinski definition) is 1. The van der Waals surface area contributed by atoms with E-state index in [9.17, 15) is 13.2 Å². The normalized spacial score (nSPS) is 14.5. The van der Waals surface area contributed by atoms with E-state index in [0.29, 0.717) is 30.9 Å². The Morgan fingerprint density at radius 1 is 0.935 bits per heavy atom. The van der Waals surface area contributed by atoms with Crippen LogP contribution in [-0.4, -0.2) is 38.3 Å². The van der Waals surface area contributed by atoms with Crippen molar-refractivity contribution < 1.29 is 17.9 Å². The number of sulfonamides is 1. The highest BCUT2D eigenvalue weighted by Crippen LogP contribution is 2.22. The van der Waals surface area contributed by atoms with E-state index in [-0.39, 0.29) is 10.8 Å². The number of amides is 1. The topological polar surface area (TPSA) is 75.7 Å². The van der Waals surface area contributed by atoms with Crippen molar-refractivity contribution in [2.24, 2.45) is 0 Å². The maximum Gasteiger partial charge on any atom is 0.255 e. The van der Waals surface area contributed by atoms with E-state index in [1.54, 1.807) is 48.5 Å². The summed E-state index contributed by atoms with van der Waals surface area (Å²) in [6.07, 6.45) is 7.74. The van der Waals surface area contributed by atoms with Gasteiger partial charge in [-0.3, -0.25) is 4.79 Å². The number of unbranched alkanes of at least 4 members (excludes halogenated alkanes) is 4. The highest BCUT2D eigenvalue weighted by atomic mass is 32.2. The Morgan fingerprint density at radius 2 is 1.58 bits per heavy atom. The Balaban J connectivity index is 1.50. The summed E-state index contributed by atoms with van der Waals surface area (Å²) in [5, 5.41) is 2.81. The molecule has 3 rings (SSSR count). The second-order valence-corrected chi connectivity index (χ2v) is 9.81. The summed E-state index contributed by atoms with van der Waals surface area (Å²) in [7, 11) is -3.45. The summed E-state index contributed by atoms with van der Waals surface area (Å²) in [5.41, 5.74) is 1.07. The zero-order valence-corrected chi connectivity index (χ0v) is 19.0. The first kappa shape index (κ1) is 23.3. The van der Waals surface area contributed by atoms with Gasteiger partial charge in [-0.25, -0.2) is 8.42 Å². The maximum absolute atomic E-state index is 12.6. The molecule has 2 aromatic carbocycles. The summed E-state index contributed by atoms with van der Waals surface area (Å²) < 4.78 is 32.4. The molecular formula is C24H32N2O4S. The fraction of sp³-hybridized carbons (Fsp3) is 0.458. The first-order valence-electron chi connectivity index (χ1n) is 11.1. The van der Waals surface area contributed by atoms with Crippen LogP contribution in [0, 0.1) is 0 Å². The second-order valence-electron chi connectivity index (χ2n) is 7.88. The molecule has 1 saturated heterocycles. The van der Waals surface area contributed by atoms with E-state index in [1.165, 1.54) is 30.0 Å². The predicted octanol–water partition coefficient (Wildman–Crippen LogP) is 5.07. The smallest absolute Gasteiger partial charge is 0.255 e. The number of carbonyl (C=O) groups is 1. The van der Waals surface area contributed by atoms with Crippen LogP contribution in [0.2, 0.25) is 0 Å². The van der Waals surface area contributed by atoms with E-state index in [1.807, 2.05) is 0 Å². The SMILES string of the molecule is CCCCCCCOc1ccc(C(=O)Nc2ccc(S(=O)(=O)N3CCCC3)cc2)cc1. The van der Waals surface area contributed by atoms with Crippen molar-refractivity contribution in [1.29, 1.82) is 0 Å². The van der Waals surface area contributed by atoms with Crippen LogP contribution in [0.3, 0.4) is 0 Å². The molecule has 1 amide bonds. The van der Waals surface area contributed by atoms with Gasteiger partial charge in [0.1, 0.15) is 5.75 Å². The average molecular weight is 445 g/mol. The molecule has 0 bridgehead atoms. The summed E-state index contributed by atoms with van der Waals surface area (Å²) in [4.78, 5) is 12.8. The Labute approximate surface area is 185 Å². The van der Waals surface area contributed by atoms with Crippen LogP contribution in [0.25, 0.3) is 0 Å². The molecule has 168 valence electrons. The standard InChI is InChI=1S/C24H32N2O4S/c1-2-3-4-5-8-19-30-22-13-9-20(10-14-22)24(27)25-21-11-15-23(16-12-21)31(28,29)26-17-6-7-18-26/h9-16H,2-8,17-19H2,1H3,(H,25,27). The van der Waals surface area contributed by atoms with Crippen molar-refractivity contribution in [3.63, 3.8) is 0 Å². The third-order valence-corrected chi connectivity index (χ3v) is 7.36. The van der Waals surface area contributed by atoms with Crippen molar-refractivity contribution >= 4 is 21.6 Å². The number of hydrogen-bond acceptors (Lipinski definition) is 4. The van der Waals surface area contributed by atoms with Crippen LogP contribution in [0.5, 0.6) is 5.75 Å². The molecule has 6 nitrogen and oxygen atoms in total. The molecular weight excluding hydrogens is 412 g/mol. The fourth-order valence-electron chi connectivity index (χ4n) is 3.59. The maximum atomic E-state index is 12.6. The van der Waals surface area contributed by atoms with Crippen LogP contribution >= 0.6 is 0 Å². The van der Waals surface area contributed by atoms with Gasteiger partial charge in [0.25, 0.3) is 5.91 Å². The van der Waals surface area contributed by atoms with Gasteiger partial charge in [0.15, 0.2) is 0 Å². The zero-order chi connectivity index (χ0) is 22.1. The van der Waals surface area contributed by atoms with Crippen LogP contribution in [0.1, 0.15) is 62.2 Å². The number of benzene rings is 2. The number of rotatable bonds is 11. The van der Waals surface area contributed by atoms with Crippen LogP contribution in [0.4, 0.5) is 5.69 Å². The Kier molecular flexibility index (Phi) is 8.49. The summed E-state index contributed by atoms with van der Waals surface area (Å²) >= 11 is 0. The van der Waals surface area contributed by atoms with Gasteiger partial charge in [-0.2, -0.15) is 4.31 Å². The molecule has 2 aromatic rings. The van der Waals surface area contributed by atoms with E-state index in [2.05, 4.69) is 12.2 Å². The van der Waals surface area contributed by atoms with Crippen LogP contribution in [0.15, 0.2) is 53.4 Å². The lowest BCUT2D eigenvalue weighted by atomic mass is 10.1. The monoisotopic (exact) mass is 444 g/mol. The molecule has 0 atom stereocenters. The third kappa shape index (κ3) is 6.55. The van der Waals surface area contributed by atoms with Crippen molar-refractivity contribution in [2.45, 2.75) is 56.8 Å². The predicted molar refractivity (Wildman–Crippen MR) is 123 cm³/mol. The quantitative estimate of drug-likeness (QED) is 0.491. The molecule has 0 radical (unpaired) electrons. The zero-order valence-electron chi connectivity index (χ0n) is 18.2. The molecule has 1 aliphatic heterocycles. The number of carbonyl (C=O) groups excluding carboxylic acids is 1. The summed E-state index contributed by atoms with van der Waals surface area (Å²) in [6.45, 7) is 4.02. The number of ether oxygens (including phenoxy) is 1. The van der Waals surface area contributed by atoms with Gasteiger partial charge in [0.05, 0.1) is 11.5 Å². The lowest BCUT2D eigenvalue weighted by Gasteiger charge is -2.15. The Hall–Kier alpha value is -2.38. The van der Waals surface area contributed by atoms with Crippen LogP contribution < -0.4 is 10.1 Å². The molecule has 0 unspecified atom stereocenters. The summed E-state index contributed by atoms with van der Waals surface area (Å²) in [6, 6.07) is 13.4. The van der Waals surface area contributed by atoms with Crippen molar-refractivity contribution in [3.8, 4) is 5.75 Å². The van der Waals surface area contributed by atoms with E-state index < -0.39 is 10.0 Å². The molecule has 31 heavy (non-hydrogen) atoms. The number of anilines is 1. The minimum Gasteiger partial charge on any atom is -0.494 e. The molecule has 0 spiro atoms. The third-order valence-electron chi connectivity index (χ3n) is 5.45. The fourth-order valence-corrected chi connectivity index (χ4v) is 5.11. The number of nitrogens with one attached hydrogen (secondary N) is 1. The van der Waals surface area contributed by atoms with Gasteiger partial charge in [-0.1, -0.05) is 32.6 Å². The number of nitrogens with zero attached hydrogens (tertiary/aromatic N) is 1. The van der Waals surface area contributed by atoms with Gasteiger partial charge in [-0.15, -0.1) is 0 Å². The minimum absolute atomic E-state index is 0.249. The lowest BCUT2D eigenvalue weighted by molar-refractivity contribution is 0.102. The molecule has 0 saturated carbocycles. The molecule has 1 fully saturated rings. The first-order valence-corrected chi connectivity index (χ1v) is 12.6. The average Bonchev–Trinajstić information content (AvgIpc) is 3.33. The van der Waals surface area contributed by atoms with E-state index >= 15 is 0 Å². The van der Waals surface area contributed by atoms with Gasteiger partial charge >= 0.3 is 0 Å². The van der Waals surface area contributed by atoms with Gasteiger partial charge in [-0.05, 0) is 67.8 Å². The Bertz CT molecular complexity index is 935. The second kappa shape index (κ2) is 11.3. The van der Waals surface area contributed by atoms with Gasteiger partial charge in [0, 0.05) is 24.3 Å². The van der Waals surface area contributed by atoms with Gasteiger partial charge in [0.2, 0.25) is 10.0 Å². The molecule has 1 N–H and O–H groups in total. The van der Waals surface area contributed by atoms with Crippen molar-refractivity contribution in [2.75, 3.05) is 25.0 Å².